The van der Waals surface area contributed by atoms with Gasteiger partial charge < -0.3 is 10.2 Å². The van der Waals surface area contributed by atoms with Crippen LogP contribution in [-0.2, 0) is 4.79 Å². The Morgan fingerprint density at radius 2 is 1.84 bits per heavy atom. The summed E-state index contributed by atoms with van der Waals surface area (Å²) in [5.74, 6) is -0.0189. The first kappa shape index (κ1) is 20.7. The van der Waals surface area contributed by atoms with Gasteiger partial charge in [0.15, 0.2) is 0 Å². The van der Waals surface area contributed by atoms with Crippen molar-refractivity contribution in [2.45, 2.75) is 19.9 Å². The maximum Gasteiger partial charge on any atom is 0.278 e. The second-order valence-corrected chi connectivity index (χ2v) is 7.79. The van der Waals surface area contributed by atoms with Gasteiger partial charge in [-0.15, -0.1) is 0 Å². The van der Waals surface area contributed by atoms with Crippen LogP contribution in [0.1, 0.15) is 12.5 Å². The molecule has 1 amide bonds. The molecule has 2 aromatic carbocycles. The van der Waals surface area contributed by atoms with Crippen LogP contribution in [0.5, 0.6) is 0 Å². The molecule has 1 atom stereocenters. The van der Waals surface area contributed by atoms with Gasteiger partial charge in [-0.1, -0.05) is 18.2 Å². The lowest BCUT2D eigenvalue weighted by molar-refractivity contribution is -0.383. The highest BCUT2D eigenvalue weighted by atomic mass is 16.6. The Labute approximate surface area is 180 Å². The number of piperazine rings is 1. The van der Waals surface area contributed by atoms with Gasteiger partial charge in [0.25, 0.3) is 5.69 Å². The third kappa shape index (κ3) is 4.20. The van der Waals surface area contributed by atoms with Crippen molar-refractivity contribution in [1.82, 2.24) is 9.88 Å². The highest BCUT2D eigenvalue weighted by Crippen LogP contribution is 2.33. The summed E-state index contributed by atoms with van der Waals surface area (Å²) >= 11 is 0. The molecule has 0 bridgehead atoms. The zero-order valence-electron chi connectivity index (χ0n) is 17.6. The van der Waals surface area contributed by atoms with Crippen LogP contribution in [0.2, 0.25) is 0 Å². The molecule has 31 heavy (non-hydrogen) atoms. The lowest BCUT2D eigenvalue weighted by Crippen LogP contribution is -2.52. The molecule has 160 valence electrons. The molecule has 4 rings (SSSR count). The molecule has 1 saturated heterocycles. The van der Waals surface area contributed by atoms with Crippen LogP contribution < -0.4 is 10.2 Å². The number of aryl methyl sites for hydroxylation is 1. The summed E-state index contributed by atoms with van der Waals surface area (Å²) in [5, 5.41) is 15.7. The van der Waals surface area contributed by atoms with E-state index in [4.69, 9.17) is 0 Å². The van der Waals surface area contributed by atoms with Crippen molar-refractivity contribution in [2.24, 2.45) is 0 Å². The number of para-hydroxylation sites is 1. The zero-order valence-corrected chi connectivity index (χ0v) is 17.6. The number of aromatic nitrogens is 1. The van der Waals surface area contributed by atoms with Crippen LogP contribution in [-0.4, -0.2) is 52.9 Å². The van der Waals surface area contributed by atoms with E-state index in [1.807, 2.05) is 50.2 Å². The SMILES string of the molecule is Cc1ccccc1NC(=O)[C@H](C)N1CCN(c2ccc([N+](=O)[O-])c3cnccc23)CC1. The molecule has 1 fully saturated rings. The van der Waals surface area contributed by atoms with Gasteiger partial charge >= 0.3 is 0 Å². The average Bonchev–Trinajstić information content (AvgIpc) is 2.79. The Bertz CT molecular complexity index is 1130. The summed E-state index contributed by atoms with van der Waals surface area (Å²) in [6.45, 7) is 6.82. The molecule has 8 nitrogen and oxygen atoms in total. The summed E-state index contributed by atoms with van der Waals surface area (Å²) < 4.78 is 0. The highest BCUT2D eigenvalue weighted by Gasteiger charge is 2.27. The molecule has 8 heteroatoms. The second kappa shape index (κ2) is 8.69. The number of nitro benzene ring substituents is 1. The minimum atomic E-state index is -0.375. The molecule has 1 aliphatic rings. The van der Waals surface area contributed by atoms with E-state index in [0.717, 1.165) is 48.5 Å². The number of benzene rings is 2. The van der Waals surface area contributed by atoms with Crippen molar-refractivity contribution < 1.29 is 9.72 Å². The van der Waals surface area contributed by atoms with Crippen molar-refractivity contribution in [2.75, 3.05) is 36.4 Å². The predicted molar refractivity (Wildman–Crippen MR) is 121 cm³/mol. The van der Waals surface area contributed by atoms with E-state index in [0.29, 0.717) is 5.39 Å². The van der Waals surface area contributed by atoms with Gasteiger partial charge in [-0.25, -0.2) is 0 Å². The Balaban J connectivity index is 1.45. The largest absolute Gasteiger partial charge is 0.368 e. The first-order chi connectivity index (χ1) is 15.0. The van der Waals surface area contributed by atoms with Crippen molar-refractivity contribution in [3.8, 4) is 0 Å². The van der Waals surface area contributed by atoms with E-state index in [1.165, 1.54) is 0 Å². The van der Waals surface area contributed by atoms with Crippen molar-refractivity contribution in [3.05, 3.63) is 70.5 Å². The molecular formula is C23H25N5O3. The topological polar surface area (TPSA) is 91.6 Å². The highest BCUT2D eigenvalue weighted by molar-refractivity contribution is 5.99. The Morgan fingerprint density at radius 3 is 2.55 bits per heavy atom. The summed E-state index contributed by atoms with van der Waals surface area (Å²) in [7, 11) is 0. The third-order valence-electron chi connectivity index (χ3n) is 5.95. The Hall–Kier alpha value is -3.52. The summed E-state index contributed by atoms with van der Waals surface area (Å²) in [6.07, 6.45) is 3.20. The lowest BCUT2D eigenvalue weighted by atomic mass is 10.1. The van der Waals surface area contributed by atoms with Crippen molar-refractivity contribution in [1.29, 1.82) is 0 Å². The standard InChI is InChI=1S/C23H25N5O3/c1-16-5-3-4-6-20(16)25-23(29)17(2)26-11-13-27(14-12-26)21-7-8-22(28(30)31)19-15-24-10-9-18(19)21/h3-10,15,17H,11-14H2,1-2H3,(H,25,29)/t17-/m0/s1. The van der Waals surface area contributed by atoms with Crippen LogP contribution >= 0.6 is 0 Å². The first-order valence-electron chi connectivity index (χ1n) is 10.3. The van der Waals surface area contributed by atoms with E-state index in [9.17, 15) is 14.9 Å². The van der Waals surface area contributed by atoms with E-state index in [-0.39, 0.29) is 22.6 Å². The maximum atomic E-state index is 12.8. The molecule has 0 unspecified atom stereocenters. The fourth-order valence-corrected chi connectivity index (χ4v) is 4.06. The van der Waals surface area contributed by atoms with E-state index in [1.54, 1.807) is 18.5 Å². The zero-order chi connectivity index (χ0) is 22.0. The first-order valence-corrected chi connectivity index (χ1v) is 10.3. The van der Waals surface area contributed by atoms with Gasteiger partial charge in [0.1, 0.15) is 0 Å². The summed E-state index contributed by atoms with van der Waals surface area (Å²) in [5.41, 5.74) is 2.89. The summed E-state index contributed by atoms with van der Waals surface area (Å²) in [4.78, 5) is 32.2. The molecule has 2 heterocycles. The van der Waals surface area contributed by atoms with E-state index < -0.39 is 0 Å². The number of nitro groups is 1. The smallest absolute Gasteiger partial charge is 0.278 e. The monoisotopic (exact) mass is 419 g/mol. The van der Waals surface area contributed by atoms with E-state index >= 15 is 0 Å². The Morgan fingerprint density at radius 1 is 1.10 bits per heavy atom. The van der Waals surface area contributed by atoms with E-state index in [2.05, 4.69) is 20.1 Å². The fraction of sp³-hybridized carbons (Fsp3) is 0.304. The molecule has 0 radical (unpaired) electrons. The average molecular weight is 419 g/mol. The van der Waals surface area contributed by atoms with Gasteiger partial charge in [-0.3, -0.25) is 24.8 Å². The van der Waals surface area contributed by atoms with Crippen LogP contribution in [0.3, 0.4) is 0 Å². The summed E-state index contributed by atoms with van der Waals surface area (Å²) in [6, 6.07) is 12.7. The Kier molecular flexibility index (Phi) is 5.81. The minimum absolute atomic E-state index is 0.0189. The lowest BCUT2D eigenvalue weighted by Gasteiger charge is -2.39. The second-order valence-electron chi connectivity index (χ2n) is 7.79. The van der Waals surface area contributed by atoms with Crippen LogP contribution in [0, 0.1) is 17.0 Å². The molecule has 0 spiro atoms. The van der Waals surface area contributed by atoms with Gasteiger partial charge in [0.05, 0.1) is 16.4 Å². The van der Waals surface area contributed by atoms with Crippen LogP contribution in [0.15, 0.2) is 54.9 Å². The number of non-ortho nitro benzene ring substituents is 1. The number of fused-ring (bicyclic) bond motifs is 1. The minimum Gasteiger partial charge on any atom is -0.368 e. The molecule has 0 aliphatic carbocycles. The predicted octanol–water partition coefficient (Wildman–Crippen LogP) is 3.60. The molecule has 3 aromatic rings. The number of carbonyl (C=O) groups is 1. The van der Waals surface area contributed by atoms with Gasteiger partial charge in [0.2, 0.25) is 5.91 Å². The van der Waals surface area contributed by atoms with Gasteiger partial charge in [-0.05, 0) is 37.6 Å². The maximum absolute atomic E-state index is 12.8. The van der Waals surface area contributed by atoms with Crippen molar-refractivity contribution >= 4 is 33.7 Å². The number of anilines is 2. The third-order valence-corrected chi connectivity index (χ3v) is 5.95. The number of nitrogens with zero attached hydrogens (tertiary/aromatic N) is 4. The van der Waals surface area contributed by atoms with Gasteiger partial charge in [-0.2, -0.15) is 0 Å². The quantitative estimate of drug-likeness (QED) is 0.502. The molecule has 1 N–H and O–H groups in total. The molecular weight excluding hydrogens is 394 g/mol. The molecule has 0 saturated carbocycles. The number of pyridine rings is 1. The number of nitrogens with one attached hydrogen (secondary N) is 1. The number of rotatable bonds is 5. The van der Waals surface area contributed by atoms with Gasteiger partial charge in [0, 0.05) is 61.4 Å². The molecule has 1 aromatic heterocycles. The molecule has 1 aliphatic heterocycles. The number of hydrogen-bond donors (Lipinski definition) is 1. The number of amides is 1. The normalized spacial score (nSPS) is 15.6. The van der Waals surface area contributed by atoms with Crippen molar-refractivity contribution in [3.63, 3.8) is 0 Å². The fourth-order valence-electron chi connectivity index (χ4n) is 4.06. The van der Waals surface area contributed by atoms with Crippen LogP contribution in [0.25, 0.3) is 10.8 Å². The number of hydrogen-bond acceptors (Lipinski definition) is 6. The number of carbonyl (C=O) groups excluding carboxylic acids is 1. The van der Waals surface area contributed by atoms with Crippen LogP contribution in [0.4, 0.5) is 17.1 Å².